The first-order valence-corrected chi connectivity index (χ1v) is 15.5. The van der Waals surface area contributed by atoms with Crippen molar-refractivity contribution in [1.82, 2.24) is 4.90 Å². The molecule has 0 aromatic carbocycles. The van der Waals surface area contributed by atoms with E-state index in [9.17, 15) is 19.2 Å². The molecule has 6 aliphatic rings. The van der Waals surface area contributed by atoms with Crippen LogP contribution in [0, 0.1) is 35.4 Å². The summed E-state index contributed by atoms with van der Waals surface area (Å²) in [5.74, 6) is -16.3. The molecule has 51 heavy (non-hydrogen) atoms. The van der Waals surface area contributed by atoms with Crippen LogP contribution in [0.4, 0.5) is 0 Å². The van der Waals surface area contributed by atoms with Gasteiger partial charge in [-0.3, -0.25) is 19.2 Å². The summed E-state index contributed by atoms with van der Waals surface area (Å²) in [7, 11) is 2.35. The summed E-state index contributed by atoms with van der Waals surface area (Å²) in [6, 6.07) is 0. The molecule has 0 spiro atoms. The zero-order chi connectivity index (χ0) is 76.7. The van der Waals surface area contributed by atoms with Crippen molar-refractivity contribution in [2.75, 3.05) is 14.1 Å². The predicted molar refractivity (Wildman–Crippen MR) is 219 cm³/mol. The third-order valence-corrected chi connectivity index (χ3v) is 6.14. The Morgan fingerprint density at radius 3 is 1.18 bits per heavy atom. The number of amides is 1. The Balaban J connectivity index is 0.00000112. The summed E-state index contributed by atoms with van der Waals surface area (Å²) in [5, 5.41) is 0. The van der Waals surface area contributed by atoms with Gasteiger partial charge in [-0.25, -0.2) is 0 Å². The number of ketones is 3. The molecule has 0 heterocycles. The molecule has 0 aromatic heterocycles. The lowest BCUT2D eigenvalue weighted by Crippen LogP contribution is -2.27. The maximum atomic E-state index is 12.0. The number of nitrogens with zero attached hydrogens (tertiary/aromatic N) is 1. The molecule has 296 valence electrons. The number of allylic oxidation sites excluding steroid dienone is 4. The Kier molecular flexibility index (Phi) is 7.94. The molecule has 6 saturated carbocycles. The average molecular weight is 758 g/mol. The zero-order valence-electron chi connectivity index (χ0n) is 73.4. The van der Waals surface area contributed by atoms with E-state index >= 15 is 0 Å². The number of carbonyl (C=O) groups is 4. The fourth-order valence-corrected chi connectivity index (χ4v) is 3.45. The van der Waals surface area contributed by atoms with Gasteiger partial charge in [0, 0.05) is 98.0 Å². The smallest absolute Gasteiger partial charge is 0.225 e. The summed E-state index contributed by atoms with van der Waals surface area (Å²) in [4.78, 5) is 46.4. The summed E-state index contributed by atoms with van der Waals surface area (Å²) in [6.45, 7) is 6.25. The second-order valence-electron chi connectivity index (χ2n) is 10.5. The highest BCUT2D eigenvalue weighted by atomic mass is 16.2. The highest BCUT2D eigenvalue weighted by Gasteiger charge is 2.23. The molecule has 0 aliphatic heterocycles. The highest BCUT2D eigenvalue weighted by Crippen LogP contribution is 2.28. The van der Waals surface area contributed by atoms with Crippen LogP contribution in [-0.4, -0.2) is 42.3 Å². The van der Waals surface area contributed by atoms with E-state index in [0.29, 0.717) is 12.8 Å². The minimum atomic E-state index is -3.33. The Morgan fingerprint density at radius 1 is 0.529 bits per heavy atom. The fraction of sp³-hybridized carbons (Fsp3) is 0.826. The van der Waals surface area contributed by atoms with Gasteiger partial charge in [0.15, 0.2) is 0 Å². The Hall–Kier alpha value is -2.04. The van der Waals surface area contributed by atoms with Gasteiger partial charge in [0.1, 0.15) is 17.3 Å². The van der Waals surface area contributed by atoms with Crippen LogP contribution in [0.2, 0.25) is 0 Å². The van der Waals surface area contributed by atoms with Gasteiger partial charge in [-0.1, -0.05) is 108 Å². The Labute approximate surface area is 378 Å². The molecule has 5 heteroatoms. The number of carbonyl (C=O) groups excluding carboxylic acids is 4. The number of rotatable bonds is 6. The van der Waals surface area contributed by atoms with E-state index in [-0.39, 0.29) is 32.0 Å². The molecule has 0 bridgehead atoms. The van der Waals surface area contributed by atoms with Gasteiger partial charge in [-0.15, -0.1) is 0 Å². The number of hydrogen-bond donors (Lipinski definition) is 0. The topological polar surface area (TPSA) is 71.5 Å². The third-order valence-electron chi connectivity index (χ3n) is 6.14. The van der Waals surface area contributed by atoms with E-state index in [4.69, 9.17) is 60.3 Å². The lowest BCUT2D eigenvalue weighted by molar-refractivity contribution is -0.132. The van der Waals surface area contributed by atoms with E-state index in [0.717, 1.165) is 24.8 Å². The quantitative estimate of drug-likeness (QED) is 0.253. The van der Waals surface area contributed by atoms with Crippen LogP contribution in [0.15, 0.2) is 24.3 Å². The second-order valence-corrected chi connectivity index (χ2v) is 10.5. The highest BCUT2D eigenvalue weighted by molar-refractivity contribution is 5.79. The van der Waals surface area contributed by atoms with Gasteiger partial charge in [-0.05, 0) is 123 Å². The second kappa shape index (κ2) is 30.4. The van der Waals surface area contributed by atoms with E-state index in [1.807, 2.05) is 19.1 Å². The van der Waals surface area contributed by atoms with Gasteiger partial charge in [0.2, 0.25) is 5.91 Å². The minimum absolute atomic E-state index is 0. The molecule has 0 atom stereocenters. The molecule has 1 amide bonds. The monoisotopic (exact) mass is 758 g/mol. The molecule has 6 aliphatic carbocycles. The van der Waals surface area contributed by atoms with Crippen LogP contribution in [0.1, 0.15) is 256 Å². The van der Waals surface area contributed by atoms with E-state index in [1.165, 1.54) is 34.0 Å². The Bertz CT molecular complexity index is 2690. The molecule has 0 saturated heterocycles. The fourth-order valence-electron chi connectivity index (χ4n) is 3.45. The SMILES string of the molecule is C.[2H]C1([2H])C([2H])([2H])C([2H])([2H])C([2H])(C(=O)N(C)C)C1([2H])[2H].[2H]C1([2H])C([2H])([2H])C([2H])([2H])C([2H])(C(C)=O)C1([2H])[2H].[2H]C1([2H])C([2H])([2H])C([2H])([2H])C([2H])(C(C)=O)C1([2H])[2H].[2H]C1([2H])C([2H])([2H])C([2H])([2H])C([2H])(C=CC)C1([2H])[2H].[2H]C1([2H])CC(C(C)=O)CC1([2H])[2H].[2H]C1([2H])CC(C=CC)CC1([2H])[2H]. The van der Waals surface area contributed by atoms with E-state index < -0.39 is 174 Å². The molecule has 6 rings (SSSR count). The van der Waals surface area contributed by atoms with Gasteiger partial charge in [0.05, 0.1) is 0 Å². The van der Waals surface area contributed by atoms with Crippen molar-refractivity contribution in [3.8, 4) is 0 Å². The maximum Gasteiger partial charge on any atom is 0.225 e. The van der Waals surface area contributed by atoms with Crippen LogP contribution in [-0.2, 0) is 19.2 Å². The predicted octanol–water partition coefficient (Wildman–Crippen LogP) is 12.7. The first-order valence-electron chi connectivity index (χ1n) is 37.5. The summed E-state index contributed by atoms with van der Waals surface area (Å²) < 4.78 is 331. The third kappa shape index (κ3) is 23.3. The molecular weight excluding hydrogens is 631 g/mol. The van der Waals surface area contributed by atoms with Crippen molar-refractivity contribution in [2.24, 2.45) is 35.4 Å². The molecule has 0 aromatic rings. The molecule has 6 fully saturated rings. The largest absolute Gasteiger partial charge is 0.349 e. The zero-order valence-corrected chi connectivity index (χ0v) is 29.4. The lowest BCUT2D eigenvalue weighted by Gasteiger charge is -2.14. The average Bonchev–Trinajstić information content (AvgIpc) is 1.53. The first-order chi connectivity index (χ1) is 40.5. The van der Waals surface area contributed by atoms with Crippen LogP contribution in [0.5, 0.6) is 0 Å². The van der Waals surface area contributed by atoms with Crippen molar-refractivity contribution >= 4 is 23.3 Å². The summed E-state index contributed by atoms with van der Waals surface area (Å²) in [5.41, 5.74) is 0. The van der Waals surface area contributed by atoms with Gasteiger partial charge in [-0.2, -0.15) is 0 Å². The van der Waals surface area contributed by atoms with Crippen LogP contribution < -0.4 is 0 Å². The first kappa shape index (κ1) is 13.3. The summed E-state index contributed by atoms with van der Waals surface area (Å²) in [6.07, 6.45) is -52.1. The van der Waals surface area contributed by atoms with Crippen molar-refractivity contribution in [3.05, 3.63) is 24.3 Å². The number of Topliss-reactive ketones (excluding diaryl/α,β-unsaturated/α-hetero) is 3. The molecule has 0 N–H and O–H groups in total. The van der Waals surface area contributed by atoms with Crippen LogP contribution in [0.3, 0.4) is 0 Å². The molecule has 5 nitrogen and oxygen atoms in total. The van der Waals surface area contributed by atoms with Crippen LogP contribution in [0.25, 0.3) is 0 Å². The summed E-state index contributed by atoms with van der Waals surface area (Å²) >= 11 is 0. The standard InChI is InChI=1S/C8H15NO.2C8H14.3C7H12O.CH4/c1-9(2)8(10)7-5-3-4-6-7;2*1-2-5-8-6-3-4-7-8;3*1-6(8)7-4-2-3-5-7;/h7H,3-6H2,1-2H3;2*2,5,8H,3-4,6-7H2,1H3;3*7H,2-5H2,1H3;1H4/i3D2,4D2,5D2,6D2,7D;3D2,4D2,6D2,7D2,8D;3D2,4D2;2*2D2,3D2,4D2,5D2,7D;2D2,3D2;. The van der Waals surface area contributed by atoms with Gasteiger partial charge < -0.3 is 4.90 Å². The Morgan fingerprint density at radius 2 is 0.882 bits per heavy atom. The van der Waals surface area contributed by atoms with Crippen molar-refractivity contribution < 1.29 is 79.5 Å². The molecular formula is C46H83NO4. The van der Waals surface area contributed by atoms with Crippen molar-refractivity contribution in [3.63, 3.8) is 0 Å². The minimum Gasteiger partial charge on any atom is -0.349 e. The maximum absolute atomic E-state index is 12.0. The number of hydrogen-bond acceptors (Lipinski definition) is 4. The van der Waals surface area contributed by atoms with Gasteiger partial charge in [0.25, 0.3) is 0 Å². The van der Waals surface area contributed by atoms with Gasteiger partial charge >= 0.3 is 0 Å². The molecule has 0 unspecified atom stereocenters. The van der Waals surface area contributed by atoms with Crippen molar-refractivity contribution in [1.29, 1.82) is 0 Å². The molecule has 0 radical (unpaired) electrons. The van der Waals surface area contributed by atoms with Crippen molar-refractivity contribution in [2.45, 2.75) is 195 Å². The normalized spacial score (nSPS) is 56.2. The lowest BCUT2D eigenvalue weighted by atomic mass is 10.0. The van der Waals surface area contributed by atoms with E-state index in [2.05, 4.69) is 0 Å². The van der Waals surface area contributed by atoms with E-state index in [1.54, 1.807) is 0 Å². The van der Waals surface area contributed by atoms with Crippen LogP contribution >= 0.6 is 0 Å².